The fourth-order valence-corrected chi connectivity index (χ4v) is 1.20. The van der Waals surface area contributed by atoms with E-state index >= 15 is 0 Å². The van der Waals surface area contributed by atoms with Crippen molar-refractivity contribution in [2.75, 3.05) is 13.7 Å². The summed E-state index contributed by atoms with van der Waals surface area (Å²) in [6.45, 7) is 3.74. The number of urea groups is 1. The highest BCUT2D eigenvalue weighted by molar-refractivity contribution is 5.83. The van der Waals surface area contributed by atoms with E-state index in [1.807, 2.05) is 0 Å². The van der Waals surface area contributed by atoms with Gasteiger partial charge in [0.1, 0.15) is 6.04 Å². The van der Waals surface area contributed by atoms with Crippen molar-refractivity contribution >= 4 is 12.0 Å². The van der Waals surface area contributed by atoms with Crippen molar-refractivity contribution in [2.45, 2.75) is 38.3 Å². The van der Waals surface area contributed by atoms with Gasteiger partial charge in [-0.15, -0.1) is 6.42 Å². The number of aliphatic carboxylic acids is 1. The molecular weight excluding hydrogens is 236 g/mol. The van der Waals surface area contributed by atoms with E-state index in [9.17, 15) is 9.59 Å². The van der Waals surface area contributed by atoms with Crippen LogP contribution >= 0.6 is 0 Å². The van der Waals surface area contributed by atoms with Gasteiger partial charge in [-0.1, -0.05) is 5.92 Å². The van der Waals surface area contributed by atoms with Gasteiger partial charge in [0.05, 0.1) is 5.54 Å². The zero-order chi connectivity index (χ0) is 14.2. The largest absolute Gasteiger partial charge is 0.480 e. The van der Waals surface area contributed by atoms with Crippen molar-refractivity contribution in [3.63, 3.8) is 0 Å². The maximum Gasteiger partial charge on any atom is 0.326 e. The van der Waals surface area contributed by atoms with E-state index in [-0.39, 0.29) is 0 Å². The van der Waals surface area contributed by atoms with Crippen LogP contribution in [0.3, 0.4) is 0 Å². The van der Waals surface area contributed by atoms with Crippen LogP contribution in [0.1, 0.15) is 26.7 Å². The Morgan fingerprint density at radius 3 is 2.56 bits per heavy atom. The highest BCUT2D eigenvalue weighted by Crippen LogP contribution is 2.01. The maximum atomic E-state index is 11.6. The third-order valence-corrected chi connectivity index (χ3v) is 2.23. The fourth-order valence-electron chi connectivity index (χ4n) is 1.20. The van der Waals surface area contributed by atoms with Gasteiger partial charge >= 0.3 is 12.0 Å². The zero-order valence-electron chi connectivity index (χ0n) is 10.9. The number of carbonyl (C=O) groups excluding carboxylic acids is 1. The molecule has 18 heavy (non-hydrogen) atoms. The van der Waals surface area contributed by atoms with Crippen LogP contribution in [0.4, 0.5) is 4.79 Å². The summed E-state index contributed by atoms with van der Waals surface area (Å²) in [6.07, 6.45) is 6.06. The molecule has 0 bridgehead atoms. The molecule has 0 radical (unpaired) electrons. The van der Waals surface area contributed by atoms with Gasteiger partial charge in [0.25, 0.3) is 0 Å². The van der Waals surface area contributed by atoms with Gasteiger partial charge in [-0.3, -0.25) is 0 Å². The number of ether oxygens (including phenoxy) is 1. The van der Waals surface area contributed by atoms with Crippen molar-refractivity contribution in [3.05, 3.63) is 0 Å². The van der Waals surface area contributed by atoms with Crippen molar-refractivity contribution in [1.82, 2.24) is 10.6 Å². The minimum Gasteiger partial charge on any atom is -0.480 e. The average Bonchev–Trinajstić information content (AvgIpc) is 2.27. The number of terminal acetylenes is 1. The summed E-state index contributed by atoms with van der Waals surface area (Å²) in [5.74, 6) is 1.30. The van der Waals surface area contributed by atoms with Gasteiger partial charge < -0.3 is 20.5 Å². The van der Waals surface area contributed by atoms with Gasteiger partial charge in [0, 0.05) is 13.7 Å². The number of hydrogen-bond acceptors (Lipinski definition) is 3. The van der Waals surface area contributed by atoms with E-state index in [1.54, 1.807) is 13.8 Å². The van der Waals surface area contributed by atoms with Crippen molar-refractivity contribution < 1.29 is 19.4 Å². The van der Waals surface area contributed by atoms with Crippen LogP contribution in [0.15, 0.2) is 0 Å². The average molecular weight is 256 g/mol. The molecule has 3 N–H and O–H groups in total. The Morgan fingerprint density at radius 2 is 2.11 bits per heavy atom. The molecule has 0 fully saturated rings. The first-order chi connectivity index (χ1) is 8.32. The SMILES string of the molecule is C#CC(C)(C)NC(=O)NC(CCCOC)C(=O)O. The number of amides is 2. The molecule has 0 aromatic carbocycles. The lowest BCUT2D eigenvalue weighted by molar-refractivity contribution is -0.139. The van der Waals surface area contributed by atoms with Crippen LogP contribution in [0, 0.1) is 12.3 Å². The zero-order valence-corrected chi connectivity index (χ0v) is 10.9. The maximum absolute atomic E-state index is 11.6. The van der Waals surface area contributed by atoms with Crippen LogP contribution < -0.4 is 10.6 Å². The molecule has 0 heterocycles. The van der Waals surface area contributed by atoms with Crippen LogP contribution in [0.2, 0.25) is 0 Å². The van der Waals surface area contributed by atoms with E-state index in [4.69, 9.17) is 16.3 Å². The second-order valence-corrected chi connectivity index (χ2v) is 4.39. The molecule has 102 valence electrons. The molecule has 0 saturated carbocycles. The van der Waals surface area contributed by atoms with Crippen LogP contribution in [0.25, 0.3) is 0 Å². The topological polar surface area (TPSA) is 87.7 Å². The molecule has 0 aliphatic heterocycles. The van der Waals surface area contributed by atoms with Crippen molar-refractivity contribution in [1.29, 1.82) is 0 Å². The molecular formula is C12H20N2O4. The van der Waals surface area contributed by atoms with Crippen LogP contribution in [-0.2, 0) is 9.53 Å². The molecule has 0 rings (SSSR count). The van der Waals surface area contributed by atoms with Gasteiger partial charge in [-0.2, -0.15) is 0 Å². The monoisotopic (exact) mass is 256 g/mol. The summed E-state index contributed by atoms with van der Waals surface area (Å²) in [7, 11) is 1.53. The summed E-state index contributed by atoms with van der Waals surface area (Å²) < 4.78 is 4.83. The number of rotatable bonds is 7. The third kappa shape index (κ3) is 6.76. The van der Waals surface area contributed by atoms with Crippen molar-refractivity contribution in [2.24, 2.45) is 0 Å². The van der Waals surface area contributed by atoms with E-state index in [1.165, 1.54) is 7.11 Å². The minimum absolute atomic E-state index is 0.299. The number of hydrogen-bond donors (Lipinski definition) is 3. The van der Waals surface area contributed by atoms with Gasteiger partial charge in [0.15, 0.2) is 0 Å². The Labute approximate surface area is 107 Å². The predicted octanol–water partition coefficient (Wildman–Crippen LogP) is 0.577. The summed E-state index contributed by atoms with van der Waals surface area (Å²) in [6, 6.07) is -1.54. The molecule has 0 aromatic rings. The van der Waals surface area contributed by atoms with Crippen LogP contribution in [-0.4, -0.2) is 42.4 Å². The minimum atomic E-state index is -1.08. The number of methoxy groups -OCH3 is 1. The second kappa shape index (κ2) is 7.56. The number of carboxylic acid groups (broad SMARTS) is 1. The van der Waals surface area contributed by atoms with Crippen LogP contribution in [0.5, 0.6) is 0 Å². The Kier molecular flexibility index (Phi) is 6.83. The molecule has 6 heteroatoms. The van der Waals surface area contributed by atoms with E-state index in [0.717, 1.165) is 0 Å². The Balaban J connectivity index is 4.29. The summed E-state index contributed by atoms with van der Waals surface area (Å²) >= 11 is 0. The molecule has 1 atom stereocenters. The quantitative estimate of drug-likeness (QED) is 0.459. The number of nitrogens with one attached hydrogen (secondary N) is 2. The predicted molar refractivity (Wildman–Crippen MR) is 67.1 cm³/mol. The highest BCUT2D eigenvalue weighted by atomic mass is 16.5. The Hall–Kier alpha value is -1.74. The number of carboxylic acids is 1. The number of carbonyl (C=O) groups is 2. The van der Waals surface area contributed by atoms with E-state index in [2.05, 4.69) is 16.6 Å². The highest BCUT2D eigenvalue weighted by Gasteiger charge is 2.22. The molecule has 0 aromatic heterocycles. The Morgan fingerprint density at radius 1 is 1.50 bits per heavy atom. The lowest BCUT2D eigenvalue weighted by Crippen LogP contribution is -2.52. The first-order valence-corrected chi connectivity index (χ1v) is 5.60. The Bertz CT molecular complexity index is 333. The third-order valence-electron chi connectivity index (χ3n) is 2.23. The second-order valence-electron chi connectivity index (χ2n) is 4.39. The van der Waals surface area contributed by atoms with Gasteiger partial charge in [-0.05, 0) is 26.7 Å². The van der Waals surface area contributed by atoms with E-state index in [0.29, 0.717) is 19.4 Å². The first-order valence-electron chi connectivity index (χ1n) is 5.60. The van der Waals surface area contributed by atoms with Gasteiger partial charge in [-0.25, -0.2) is 9.59 Å². The summed E-state index contributed by atoms with van der Waals surface area (Å²) in [5, 5.41) is 13.8. The lowest BCUT2D eigenvalue weighted by Gasteiger charge is -2.22. The molecule has 0 aliphatic rings. The summed E-state index contributed by atoms with van der Waals surface area (Å²) in [5.41, 5.74) is -0.820. The molecule has 6 nitrogen and oxygen atoms in total. The lowest BCUT2D eigenvalue weighted by atomic mass is 10.1. The molecule has 0 aliphatic carbocycles. The smallest absolute Gasteiger partial charge is 0.326 e. The van der Waals surface area contributed by atoms with E-state index < -0.39 is 23.6 Å². The normalized spacial score (nSPS) is 12.3. The standard InChI is InChI=1S/C12H20N2O4/c1-5-12(2,3)14-11(17)13-9(10(15)16)7-6-8-18-4/h1,9H,6-8H2,2-4H3,(H,15,16)(H2,13,14,17). The van der Waals surface area contributed by atoms with Gasteiger partial charge in [0.2, 0.25) is 0 Å². The molecule has 2 amide bonds. The summed E-state index contributed by atoms with van der Waals surface area (Å²) in [4.78, 5) is 22.5. The molecule has 0 saturated heterocycles. The van der Waals surface area contributed by atoms with Crippen molar-refractivity contribution in [3.8, 4) is 12.3 Å². The fraction of sp³-hybridized carbons (Fsp3) is 0.667. The molecule has 0 spiro atoms. The first kappa shape index (κ1) is 16.3. The molecule has 1 unspecified atom stereocenters.